The third-order valence-corrected chi connectivity index (χ3v) is 7.91. The van der Waals surface area contributed by atoms with Gasteiger partial charge in [-0.15, -0.1) is 11.3 Å². The maximum absolute atomic E-state index is 14.5. The first-order valence-electron chi connectivity index (χ1n) is 11.8. The number of rotatable bonds is 8. The van der Waals surface area contributed by atoms with Crippen molar-refractivity contribution in [2.75, 3.05) is 18.1 Å². The number of benzene rings is 2. The minimum Gasteiger partial charge on any atom is -0.397 e. The van der Waals surface area contributed by atoms with Crippen molar-refractivity contribution in [1.29, 1.82) is 5.26 Å². The van der Waals surface area contributed by atoms with Crippen LogP contribution >= 0.6 is 11.3 Å². The summed E-state index contributed by atoms with van der Waals surface area (Å²) >= 11 is 1.38. The normalized spacial score (nSPS) is 19.5. The highest BCUT2D eigenvalue weighted by atomic mass is 32.1. The van der Waals surface area contributed by atoms with Crippen LogP contribution in [0.3, 0.4) is 0 Å². The van der Waals surface area contributed by atoms with Crippen LogP contribution in [0.15, 0.2) is 42.5 Å². The third kappa shape index (κ3) is 5.22. The molecule has 1 saturated heterocycles. The molecule has 0 aliphatic carbocycles. The summed E-state index contributed by atoms with van der Waals surface area (Å²) in [6.45, 7) is 2.13. The number of carbonyl (C=O) groups excluding carboxylic acids is 1. The minimum absolute atomic E-state index is 0.0183. The zero-order chi connectivity index (χ0) is 25.1. The van der Waals surface area contributed by atoms with Gasteiger partial charge in [0.25, 0.3) is 0 Å². The molecule has 3 unspecified atom stereocenters. The molecule has 0 spiro atoms. The second-order valence-corrected chi connectivity index (χ2v) is 10.0. The fraction of sp³-hybridized carbons (Fsp3) is 0.333. The Labute approximate surface area is 209 Å². The summed E-state index contributed by atoms with van der Waals surface area (Å²) in [5.74, 6) is -0.558. The average Bonchev–Trinajstić information content (AvgIpc) is 3.46. The maximum Gasteiger partial charge on any atom is 0.172 e. The van der Waals surface area contributed by atoms with E-state index in [-0.39, 0.29) is 23.4 Å². The summed E-state index contributed by atoms with van der Waals surface area (Å²) in [7, 11) is 1.80. The predicted molar refractivity (Wildman–Crippen MR) is 141 cm³/mol. The van der Waals surface area contributed by atoms with Crippen molar-refractivity contribution in [3.8, 4) is 27.6 Å². The van der Waals surface area contributed by atoms with Crippen LogP contribution in [0.1, 0.15) is 47.8 Å². The number of nitrogens with two attached hydrogens (primary N) is 2. The molecule has 1 fully saturated rings. The van der Waals surface area contributed by atoms with Gasteiger partial charge >= 0.3 is 0 Å². The van der Waals surface area contributed by atoms with Gasteiger partial charge in [-0.3, -0.25) is 4.79 Å². The minimum atomic E-state index is -0.591. The van der Waals surface area contributed by atoms with E-state index in [1.165, 1.54) is 23.5 Å². The molecule has 4 rings (SSSR count). The van der Waals surface area contributed by atoms with Crippen LogP contribution in [-0.2, 0) is 0 Å². The average molecular weight is 492 g/mol. The van der Waals surface area contributed by atoms with Gasteiger partial charge in [0.2, 0.25) is 0 Å². The number of hydrogen-bond donors (Lipinski definition) is 4. The molecule has 3 atom stereocenters. The van der Waals surface area contributed by atoms with E-state index in [4.69, 9.17) is 16.7 Å². The van der Waals surface area contributed by atoms with Gasteiger partial charge in [-0.25, -0.2) is 4.39 Å². The molecule has 8 heteroatoms. The first-order valence-corrected chi connectivity index (χ1v) is 12.6. The number of nitrogen functional groups attached to an aromatic ring is 1. The zero-order valence-electron chi connectivity index (χ0n) is 19.9. The van der Waals surface area contributed by atoms with Gasteiger partial charge < -0.3 is 22.1 Å². The number of nitriles is 1. The second-order valence-electron chi connectivity index (χ2n) is 8.95. The molecule has 0 saturated carbocycles. The van der Waals surface area contributed by atoms with Gasteiger partial charge in [-0.2, -0.15) is 5.26 Å². The second kappa shape index (κ2) is 10.6. The topological polar surface area (TPSA) is 117 Å². The van der Waals surface area contributed by atoms with E-state index >= 15 is 0 Å². The number of halogens is 1. The number of Topliss-reactive ketones (excluding diaryl/α,β-unsaturated/α-hetero) is 1. The van der Waals surface area contributed by atoms with Crippen molar-refractivity contribution < 1.29 is 9.18 Å². The molecule has 2 aromatic carbocycles. The lowest BCUT2D eigenvalue weighted by atomic mass is 9.99. The highest BCUT2D eigenvalue weighted by molar-refractivity contribution is 7.18. The Bertz CT molecular complexity index is 1280. The molecule has 182 valence electrons. The summed E-state index contributed by atoms with van der Waals surface area (Å²) in [5.41, 5.74) is 16.0. The number of anilines is 2. The largest absolute Gasteiger partial charge is 0.397 e. The fourth-order valence-electron chi connectivity index (χ4n) is 4.64. The van der Waals surface area contributed by atoms with Crippen LogP contribution in [0.5, 0.6) is 0 Å². The number of carbonyl (C=O) groups is 1. The van der Waals surface area contributed by atoms with Crippen molar-refractivity contribution in [2.24, 2.45) is 5.73 Å². The lowest BCUT2D eigenvalue weighted by Gasteiger charge is -2.15. The van der Waals surface area contributed by atoms with Gasteiger partial charge in [0, 0.05) is 42.0 Å². The number of nitrogens with zero attached hydrogens (tertiary/aromatic N) is 1. The molecule has 1 aromatic heterocycles. The quantitative estimate of drug-likeness (QED) is 0.256. The summed E-state index contributed by atoms with van der Waals surface area (Å²) in [6.07, 6.45) is 3.00. The Morgan fingerprint density at radius 1 is 1.26 bits per heavy atom. The van der Waals surface area contributed by atoms with Gasteiger partial charge in [0.15, 0.2) is 5.78 Å². The Hall–Kier alpha value is -3.25. The lowest BCUT2D eigenvalue weighted by Crippen LogP contribution is -2.37. The van der Waals surface area contributed by atoms with Gasteiger partial charge in [-0.05, 0) is 60.7 Å². The Morgan fingerprint density at radius 2 is 2.03 bits per heavy atom. The standard InChI is InChI=1S/C27H30FN5OS/c1-3-18-12-22(31)24(33-18)8-9-25(34)26-13-19(15-4-5-17(14-29)20(28)10-15)27(35-26)16-6-7-23(32-2)21(30)11-16/h4-7,10-11,13,18,22,24,32-33H,3,8-9,12,30-31H2,1-2H3. The van der Waals surface area contributed by atoms with E-state index in [9.17, 15) is 9.18 Å². The maximum atomic E-state index is 14.5. The van der Waals surface area contributed by atoms with Crippen molar-refractivity contribution in [3.05, 3.63) is 58.7 Å². The fourth-order valence-corrected chi connectivity index (χ4v) is 5.79. The van der Waals surface area contributed by atoms with E-state index in [1.807, 2.05) is 30.3 Å². The number of ketones is 1. The number of nitrogens with one attached hydrogen (secondary N) is 2. The number of hydrogen-bond acceptors (Lipinski definition) is 7. The molecular formula is C27H30FN5OS. The van der Waals surface area contributed by atoms with Crippen LogP contribution in [0.4, 0.5) is 15.8 Å². The molecule has 6 N–H and O–H groups in total. The molecule has 0 radical (unpaired) electrons. The highest BCUT2D eigenvalue weighted by Crippen LogP contribution is 2.41. The van der Waals surface area contributed by atoms with E-state index in [2.05, 4.69) is 17.6 Å². The Kier molecular flexibility index (Phi) is 7.51. The van der Waals surface area contributed by atoms with Crippen molar-refractivity contribution in [3.63, 3.8) is 0 Å². The summed E-state index contributed by atoms with van der Waals surface area (Å²) in [6, 6.07) is 14.4. The van der Waals surface area contributed by atoms with Crippen LogP contribution in [-0.4, -0.2) is 31.0 Å². The molecule has 35 heavy (non-hydrogen) atoms. The van der Waals surface area contributed by atoms with Crippen LogP contribution < -0.4 is 22.1 Å². The molecule has 3 aromatic rings. The third-order valence-electron chi connectivity index (χ3n) is 6.69. The molecule has 6 nitrogen and oxygen atoms in total. The smallest absolute Gasteiger partial charge is 0.172 e. The van der Waals surface area contributed by atoms with Crippen molar-refractivity contribution in [1.82, 2.24) is 5.32 Å². The molecule has 1 aliphatic rings. The lowest BCUT2D eigenvalue weighted by molar-refractivity contribution is 0.0980. The highest BCUT2D eigenvalue weighted by Gasteiger charge is 2.30. The molecule has 0 bridgehead atoms. The number of thiophene rings is 1. The van der Waals surface area contributed by atoms with Crippen molar-refractivity contribution >= 4 is 28.5 Å². The van der Waals surface area contributed by atoms with E-state index < -0.39 is 5.82 Å². The van der Waals surface area contributed by atoms with Crippen LogP contribution in [0, 0.1) is 17.1 Å². The SMILES string of the molecule is CCC1CC(N)C(CCC(=O)c2cc(-c3ccc(C#N)c(F)c3)c(-c3ccc(NC)c(N)c3)s2)N1. The Balaban J connectivity index is 1.67. The molecule has 1 aliphatic heterocycles. The monoisotopic (exact) mass is 491 g/mol. The molecule has 0 amide bonds. The first-order chi connectivity index (χ1) is 16.8. The van der Waals surface area contributed by atoms with Gasteiger partial charge in [-0.1, -0.05) is 19.1 Å². The first kappa shape index (κ1) is 24.9. The summed E-state index contributed by atoms with van der Waals surface area (Å²) in [5, 5.41) is 15.7. The Morgan fingerprint density at radius 3 is 2.66 bits per heavy atom. The predicted octanol–water partition coefficient (Wildman–Crippen LogP) is 5.15. The van der Waals surface area contributed by atoms with Crippen LogP contribution in [0.2, 0.25) is 0 Å². The molecule has 2 heterocycles. The summed E-state index contributed by atoms with van der Waals surface area (Å²) in [4.78, 5) is 14.6. The molecular weight excluding hydrogens is 461 g/mol. The zero-order valence-corrected chi connectivity index (χ0v) is 20.7. The summed E-state index contributed by atoms with van der Waals surface area (Å²) < 4.78 is 14.5. The van der Waals surface area contributed by atoms with E-state index in [1.54, 1.807) is 13.1 Å². The van der Waals surface area contributed by atoms with Gasteiger partial charge in [0.1, 0.15) is 11.9 Å². The van der Waals surface area contributed by atoms with E-state index in [0.717, 1.165) is 34.5 Å². The van der Waals surface area contributed by atoms with Crippen molar-refractivity contribution in [2.45, 2.75) is 50.7 Å². The van der Waals surface area contributed by atoms with Gasteiger partial charge in [0.05, 0.1) is 21.8 Å². The van der Waals surface area contributed by atoms with Crippen LogP contribution in [0.25, 0.3) is 21.6 Å². The van der Waals surface area contributed by atoms with E-state index in [0.29, 0.717) is 35.0 Å².